The zero-order chi connectivity index (χ0) is 17.9. The van der Waals surface area contributed by atoms with Crippen LogP contribution in [0.15, 0.2) is 30.3 Å². The van der Waals surface area contributed by atoms with Crippen molar-refractivity contribution in [2.75, 3.05) is 12.4 Å². The molecule has 0 amide bonds. The summed E-state index contributed by atoms with van der Waals surface area (Å²) >= 11 is 0. The van der Waals surface area contributed by atoms with E-state index >= 15 is 0 Å². The summed E-state index contributed by atoms with van der Waals surface area (Å²) in [5.41, 5.74) is -0.735. The van der Waals surface area contributed by atoms with E-state index in [1.165, 1.54) is 13.2 Å². The van der Waals surface area contributed by atoms with Crippen LogP contribution in [0.4, 0.5) is 19.0 Å². The molecule has 2 aromatic rings. The average Bonchev–Trinajstić information content (AvgIpc) is 2.54. The number of hydrogen-bond acceptors (Lipinski definition) is 5. The minimum absolute atomic E-state index is 0.0303. The number of pyridine rings is 1. The van der Waals surface area contributed by atoms with Crippen molar-refractivity contribution in [2.45, 2.75) is 19.1 Å². The highest BCUT2D eigenvalue weighted by Gasteiger charge is 2.33. The number of phenolic OH excluding ortho intramolecular Hbond substituents is 1. The van der Waals surface area contributed by atoms with Crippen LogP contribution in [-0.4, -0.2) is 17.2 Å². The van der Waals surface area contributed by atoms with Crippen LogP contribution >= 0.6 is 0 Å². The molecule has 0 bridgehead atoms. The van der Waals surface area contributed by atoms with E-state index in [1.54, 1.807) is 25.1 Å². The predicted molar refractivity (Wildman–Crippen MR) is 80.7 cm³/mol. The fraction of sp³-hybridized carbons (Fsp3) is 0.250. The number of benzene rings is 1. The fourth-order valence-electron chi connectivity index (χ4n) is 2.11. The zero-order valence-electron chi connectivity index (χ0n) is 12.8. The minimum Gasteiger partial charge on any atom is -0.508 e. The van der Waals surface area contributed by atoms with E-state index in [2.05, 4.69) is 10.3 Å². The van der Waals surface area contributed by atoms with Crippen LogP contribution in [-0.2, 0) is 6.18 Å². The minimum atomic E-state index is -4.62. The second kappa shape index (κ2) is 6.66. The summed E-state index contributed by atoms with van der Waals surface area (Å²) in [4.78, 5) is 3.48. The molecule has 0 radical (unpaired) electrons. The lowest BCUT2D eigenvalue weighted by atomic mass is 10.1. The molecular weight excluding hydrogens is 323 g/mol. The summed E-state index contributed by atoms with van der Waals surface area (Å²) in [6.45, 7) is 1.62. The Hall–Kier alpha value is -2.95. The molecule has 0 saturated carbocycles. The Morgan fingerprint density at radius 2 is 2.00 bits per heavy atom. The molecule has 24 heavy (non-hydrogen) atoms. The zero-order valence-corrected chi connectivity index (χ0v) is 12.8. The van der Waals surface area contributed by atoms with Gasteiger partial charge in [0.2, 0.25) is 0 Å². The number of halogens is 3. The third-order valence-electron chi connectivity index (χ3n) is 3.36. The van der Waals surface area contributed by atoms with Crippen molar-refractivity contribution >= 4 is 5.82 Å². The van der Waals surface area contributed by atoms with Gasteiger partial charge in [-0.25, -0.2) is 4.98 Å². The second-order valence-corrected chi connectivity index (χ2v) is 4.99. The van der Waals surface area contributed by atoms with Crippen LogP contribution < -0.4 is 10.1 Å². The van der Waals surface area contributed by atoms with Crippen molar-refractivity contribution in [3.8, 4) is 17.6 Å². The number of methoxy groups -OCH3 is 1. The third kappa shape index (κ3) is 3.68. The van der Waals surface area contributed by atoms with Gasteiger partial charge in [0.25, 0.3) is 0 Å². The number of ether oxygens (including phenoxy) is 1. The molecule has 0 unspecified atom stereocenters. The van der Waals surface area contributed by atoms with E-state index in [4.69, 9.17) is 10.00 Å². The maximum atomic E-state index is 12.8. The van der Waals surface area contributed by atoms with Crippen molar-refractivity contribution < 1.29 is 23.0 Å². The maximum Gasteiger partial charge on any atom is 0.433 e. The molecule has 2 rings (SSSR count). The first-order valence-corrected chi connectivity index (χ1v) is 6.88. The van der Waals surface area contributed by atoms with Gasteiger partial charge >= 0.3 is 6.18 Å². The number of anilines is 1. The largest absolute Gasteiger partial charge is 0.508 e. The number of aromatic nitrogens is 1. The quantitative estimate of drug-likeness (QED) is 0.886. The Morgan fingerprint density at radius 3 is 2.58 bits per heavy atom. The Morgan fingerprint density at radius 1 is 1.29 bits per heavy atom. The molecular formula is C16H14F3N3O2. The molecule has 0 aliphatic rings. The summed E-state index contributed by atoms with van der Waals surface area (Å²) in [7, 11) is 1.45. The molecule has 0 spiro atoms. The van der Waals surface area contributed by atoms with Crippen LogP contribution in [0.2, 0.25) is 0 Å². The topological polar surface area (TPSA) is 78.2 Å². The molecule has 8 heteroatoms. The number of nitrogens with zero attached hydrogens (tertiary/aromatic N) is 2. The number of nitriles is 1. The molecule has 126 valence electrons. The smallest absolute Gasteiger partial charge is 0.433 e. The van der Waals surface area contributed by atoms with E-state index in [0.29, 0.717) is 11.3 Å². The SMILES string of the molecule is COc1ccc(O)c([C@H](C)Nc2nc(C(F)(F)F)ccc2C#N)c1. The average molecular weight is 337 g/mol. The van der Waals surface area contributed by atoms with Gasteiger partial charge in [0.05, 0.1) is 18.7 Å². The lowest BCUT2D eigenvalue weighted by molar-refractivity contribution is -0.141. The normalized spacial score (nSPS) is 12.3. The molecule has 1 atom stereocenters. The molecule has 0 saturated heterocycles. The van der Waals surface area contributed by atoms with E-state index in [0.717, 1.165) is 12.1 Å². The van der Waals surface area contributed by atoms with Gasteiger partial charge in [0.15, 0.2) is 0 Å². The van der Waals surface area contributed by atoms with Crippen molar-refractivity contribution in [3.63, 3.8) is 0 Å². The highest BCUT2D eigenvalue weighted by Crippen LogP contribution is 2.33. The Labute approximate surface area is 136 Å². The van der Waals surface area contributed by atoms with Crippen molar-refractivity contribution in [1.82, 2.24) is 4.98 Å². The standard InChI is InChI=1S/C16H14F3N3O2/c1-9(12-7-11(24-2)4-5-13(12)23)21-15-10(8-20)3-6-14(22-15)16(17,18)19/h3-7,9,23H,1-2H3,(H,21,22)/t9-/m0/s1. The number of phenols is 1. The molecule has 0 fully saturated rings. The van der Waals surface area contributed by atoms with Gasteiger partial charge < -0.3 is 15.2 Å². The van der Waals surface area contributed by atoms with E-state index in [1.807, 2.05) is 0 Å². The van der Waals surface area contributed by atoms with E-state index in [-0.39, 0.29) is 17.1 Å². The molecule has 2 N–H and O–H groups in total. The van der Waals surface area contributed by atoms with Crippen LogP contribution in [0.3, 0.4) is 0 Å². The number of alkyl halides is 3. The molecule has 5 nitrogen and oxygen atoms in total. The Balaban J connectivity index is 2.38. The summed E-state index contributed by atoms with van der Waals surface area (Å²) in [6.07, 6.45) is -4.62. The fourth-order valence-corrected chi connectivity index (χ4v) is 2.11. The molecule has 0 aliphatic carbocycles. The molecule has 1 heterocycles. The summed E-state index contributed by atoms with van der Waals surface area (Å²) in [5, 5.41) is 21.7. The first-order chi connectivity index (χ1) is 11.3. The van der Waals surface area contributed by atoms with Crippen molar-refractivity contribution in [1.29, 1.82) is 5.26 Å². The predicted octanol–water partition coefficient (Wildman–Crippen LogP) is 3.86. The molecule has 1 aromatic heterocycles. The monoisotopic (exact) mass is 337 g/mol. The number of aromatic hydroxyl groups is 1. The highest BCUT2D eigenvalue weighted by molar-refractivity contribution is 5.55. The summed E-state index contributed by atoms with van der Waals surface area (Å²) in [6, 6.07) is 7.49. The molecule has 1 aromatic carbocycles. The van der Waals surface area contributed by atoms with Gasteiger partial charge in [-0.15, -0.1) is 0 Å². The lowest BCUT2D eigenvalue weighted by Gasteiger charge is -2.18. The molecule has 0 aliphatic heterocycles. The van der Waals surface area contributed by atoms with Gasteiger partial charge in [0, 0.05) is 5.56 Å². The highest BCUT2D eigenvalue weighted by atomic mass is 19.4. The van der Waals surface area contributed by atoms with Crippen LogP contribution in [0.5, 0.6) is 11.5 Å². The van der Waals surface area contributed by atoms with E-state index < -0.39 is 17.9 Å². The number of rotatable bonds is 4. The number of nitrogens with one attached hydrogen (secondary N) is 1. The number of hydrogen-bond donors (Lipinski definition) is 2. The van der Waals surface area contributed by atoms with Crippen LogP contribution in [0.25, 0.3) is 0 Å². The van der Waals surface area contributed by atoms with Gasteiger partial charge in [-0.05, 0) is 37.3 Å². The van der Waals surface area contributed by atoms with Crippen molar-refractivity contribution in [2.24, 2.45) is 0 Å². The lowest BCUT2D eigenvalue weighted by Crippen LogP contribution is -2.14. The third-order valence-corrected chi connectivity index (χ3v) is 3.36. The summed E-state index contributed by atoms with van der Waals surface area (Å²) in [5.74, 6) is 0.220. The van der Waals surface area contributed by atoms with Gasteiger partial charge in [-0.2, -0.15) is 18.4 Å². The van der Waals surface area contributed by atoms with Crippen LogP contribution in [0, 0.1) is 11.3 Å². The summed E-state index contributed by atoms with van der Waals surface area (Å²) < 4.78 is 43.5. The van der Waals surface area contributed by atoms with Gasteiger partial charge in [-0.1, -0.05) is 0 Å². The van der Waals surface area contributed by atoms with E-state index in [9.17, 15) is 18.3 Å². The first kappa shape index (κ1) is 17.4. The van der Waals surface area contributed by atoms with Gasteiger partial charge in [0.1, 0.15) is 29.1 Å². The van der Waals surface area contributed by atoms with Crippen molar-refractivity contribution in [3.05, 3.63) is 47.2 Å². The first-order valence-electron chi connectivity index (χ1n) is 6.88. The maximum absolute atomic E-state index is 12.8. The second-order valence-electron chi connectivity index (χ2n) is 4.99. The van der Waals surface area contributed by atoms with Crippen LogP contribution in [0.1, 0.15) is 29.8 Å². The Bertz CT molecular complexity index is 785. The van der Waals surface area contributed by atoms with Gasteiger partial charge in [-0.3, -0.25) is 0 Å². The Kier molecular flexibility index (Phi) is 4.83.